The Hall–Kier alpha value is -2.75. The standard InChI is InChI=1S/C18H14F3NO3/c1-3-4-12-15-16(23)9(2)14(8-22)25-17(15)11-6-5-10(18(19,20)21)7-13(11)24-12/h5-7,12H,3-4H2,1-2H3. The van der Waals surface area contributed by atoms with Gasteiger partial charge in [0.2, 0.25) is 5.76 Å². The Morgan fingerprint density at radius 1 is 1.32 bits per heavy atom. The van der Waals surface area contributed by atoms with Gasteiger partial charge in [0.1, 0.15) is 23.7 Å². The van der Waals surface area contributed by atoms with Crippen molar-refractivity contribution in [3.8, 4) is 23.1 Å². The van der Waals surface area contributed by atoms with E-state index in [2.05, 4.69) is 0 Å². The minimum Gasteiger partial charge on any atom is -0.485 e. The van der Waals surface area contributed by atoms with Crippen LogP contribution in [0.3, 0.4) is 0 Å². The summed E-state index contributed by atoms with van der Waals surface area (Å²) in [5.41, 5.74) is -0.558. The molecule has 1 aliphatic rings. The summed E-state index contributed by atoms with van der Waals surface area (Å²) in [5.74, 6) is -0.0380. The number of fused-ring (bicyclic) bond motifs is 3. The van der Waals surface area contributed by atoms with Gasteiger partial charge in [-0.2, -0.15) is 18.4 Å². The fourth-order valence-electron chi connectivity index (χ4n) is 2.90. The average molecular weight is 349 g/mol. The third kappa shape index (κ3) is 2.78. The Morgan fingerprint density at radius 2 is 2.04 bits per heavy atom. The van der Waals surface area contributed by atoms with Crippen LogP contribution in [0.15, 0.2) is 27.4 Å². The first kappa shape index (κ1) is 17.1. The van der Waals surface area contributed by atoms with Gasteiger partial charge in [-0.1, -0.05) is 13.3 Å². The second-order valence-electron chi connectivity index (χ2n) is 5.84. The molecule has 1 atom stereocenters. The van der Waals surface area contributed by atoms with Gasteiger partial charge < -0.3 is 9.15 Å². The van der Waals surface area contributed by atoms with Crippen LogP contribution in [0.1, 0.15) is 48.3 Å². The Bertz CT molecular complexity index is 938. The van der Waals surface area contributed by atoms with Crippen LogP contribution >= 0.6 is 0 Å². The van der Waals surface area contributed by atoms with Crippen molar-refractivity contribution in [3.63, 3.8) is 0 Å². The summed E-state index contributed by atoms with van der Waals surface area (Å²) >= 11 is 0. The zero-order chi connectivity index (χ0) is 18.4. The predicted octanol–water partition coefficient (Wildman–Crippen LogP) is 4.74. The molecule has 0 amide bonds. The maximum absolute atomic E-state index is 13.0. The normalized spacial score (nSPS) is 15.8. The van der Waals surface area contributed by atoms with Crippen molar-refractivity contribution in [1.29, 1.82) is 5.26 Å². The quantitative estimate of drug-likeness (QED) is 0.786. The monoisotopic (exact) mass is 349 g/mol. The molecule has 0 aliphatic carbocycles. The van der Waals surface area contributed by atoms with Gasteiger partial charge in [-0.25, -0.2) is 0 Å². The van der Waals surface area contributed by atoms with E-state index in [0.29, 0.717) is 12.8 Å². The highest BCUT2D eigenvalue weighted by atomic mass is 19.4. The van der Waals surface area contributed by atoms with Crippen LogP contribution in [0.25, 0.3) is 11.3 Å². The minimum absolute atomic E-state index is 0.00309. The van der Waals surface area contributed by atoms with Crippen LogP contribution in [-0.4, -0.2) is 0 Å². The maximum Gasteiger partial charge on any atom is 0.416 e. The van der Waals surface area contributed by atoms with Crippen molar-refractivity contribution < 1.29 is 22.3 Å². The largest absolute Gasteiger partial charge is 0.485 e. The van der Waals surface area contributed by atoms with Gasteiger partial charge in [-0.05, 0) is 31.5 Å². The molecule has 2 aromatic rings. The second-order valence-corrected chi connectivity index (χ2v) is 5.84. The summed E-state index contributed by atoms with van der Waals surface area (Å²) in [7, 11) is 0. The van der Waals surface area contributed by atoms with Crippen molar-refractivity contribution in [2.45, 2.75) is 39.0 Å². The summed E-state index contributed by atoms with van der Waals surface area (Å²) in [4.78, 5) is 12.6. The Kier molecular flexibility index (Phi) is 4.07. The molecule has 4 nitrogen and oxygen atoms in total. The van der Waals surface area contributed by atoms with Crippen LogP contribution in [0.2, 0.25) is 0 Å². The molecule has 1 aliphatic heterocycles. The molecular formula is C18H14F3NO3. The van der Waals surface area contributed by atoms with E-state index in [0.717, 1.165) is 12.1 Å². The highest BCUT2D eigenvalue weighted by Gasteiger charge is 2.36. The van der Waals surface area contributed by atoms with E-state index >= 15 is 0 Å². The fraction of sp³-hybridized carbons (Fsp3) is 0.333. The van der Waals surface area contributed by atoms with Crippen molar-refractivity contribution in [2.24, 2.45) is 0 Å². The lowest BCUT2D eigenvalue weighted by molar-refractivity contribution is -0.137. The number of alkyl halides is 3. The Labute approximate surface area is 141 Å². The van der Waals surface area contributed by atoms with E-state index in [4.69, 9.17) is 14.4 Å². The summed E-state index contributed by atoms with van der Waals surface area (Å²) in [5, 5.41) is 9.15. The molecule has 1 aromatic carbocycles. The van der Waals surface area contributed by atoms with Crippen molar-refractivity contribution in [1.82, 2.24) is 0 Å². The van der Waals surface area contributed by atoms with E-state index in [1.54, 1.807) is 0 Å². The molecule has 0 radical (unpaired) electrons. The lowest BCUT2D eigenvalue weighted by Crippen LogP contribution is -2.25. The van der Waals surface area contributed by atoms with Crippen molar-refractivity contribution in [2.75, 3.05) is 0 Å². The van der Waals surface area contributed by atoms with Gasteiger partial charge in [0.15, 0.2) is 5.43 Å². The highest BCUT2D eigenvalue weighted by Crippen LogP contribution is 2.45. The van der Waals surface area contributed by atoms with Crippen LogP contribution in [0.4, 0.5) is 13.2 Å². The first-order valence-electron chi connectivity index (χ1n) is 7.73. The minimum atomic E-state index is -4.51. The zero-order valence-corrected chi connectivity index (χ0v) is 13.5. The van der Waals surface area contributed by atoms with Crippen LogP contribution in [-0.2, 0) is 6.18 Å². The number of benzene rings is 1. The molecule has 0 fully saturated rings. The van der Waals surface area contributed by atoms with Gasteiger partial charge in [0.05, 0.1) is 22.3 Å². The summed E-state index contributed by atoms with van der Waals surface area (Å²) in [6, 6.07) is 4.82. The fourth-order valence-corrected chi connectivity index (χ4v) is 2.90. The maximum atomic E-state index is 13.0. The van der Waals surface area contributed by atoms with E-state index in [-0.39, 0.29) is 39.4 Å². The molecule has 7 heteroatoms. The van der Waals surface area contributed by atoms with E-state index in [1.165, 1.54) is 13.0 Å². The van der Waals surface area contributed by atoms with E-state index < -0.39 is 17.8 Å². The number of nitrogens with zero attached hydrogens (tertiary/aromatic N) is 1. The molecule has 0 saturated carbocycles. The van der Waals surface area contributed by atoms with Crippen molar-refractivity contribution >= 4 is 0 Å². The molecule has 2 heterocycles. The molecule has 130 valence electrons. The molecule has 0 N–H and O–H groups in total. The summed E-state index contributed by atoms with van der Waals surface area (Å²) in [6.45, 7) is 3.36. The lowest BCUT2D eigenvalue weighted by Gasteiger charge is -2.28. The Morgan fingerprint density at radius 3 is 2.64 bits per heavy atom. The number of halogens is 3. The topological polar surface area (TPSA) is 63.2 Å². The van der Waals surface area contributed by atoms with Crippen LogP contribution < -0.4 is 10.2 Å². The molecule has 1 aromatic heterocycles. The third-order valence-electron chi connectivity index (χ3n) is 4.17. The number of ether oxygens (including phenoxy) is 1. The lowest BCUT2D eigenvalue weighted by atomic mass is 9.93. The van der Waals surface area contributed by atoms with Gasteiger partial charge in [-0.15, -0.1) is 0 Å². The van der Waals surface area contributed by atoms with Gasteiger partial charge in [0.25, 0.3) is 0 Å². The van der Waals surface area contributed by atoms with Gasteiger partial charge >= 0.3 is 6.18 Å². The molecule has 0 bridgehead atoms. The van der Waals surface area contributed by atoms with E-state index in [1.807, 2.05) is 13.0 Å². The summed E-state index contributed by atoms with van der Waals surface area (Å²) in [6.07, 6.45) is -4.11. The van der Waals surface area contributed by atoms with Gasteiger partial charge in [0, 0.05) is 0 Å². The molecule has 3 rings (SSSR count). The number of hydrogen-bond donors (Lipinski definition) is 0. The van der Waals surface area contributed by atoms with Crippen LogP contribution in [0.5, 0.6) is 5.75 Å². The van der Waals surface area contributed by atoms with Crippen LogP contribution in [0, 0.1) is 18.3 Å². The third-order valence-corrected chi connectivity index (χ3v) is 4.17. The van der Waals surface area contributed by atoms with E-state index in [9.17, 15) is 18.0 Å². The first-order chi connectivity index (χ1) is 11.8. The zero-order valence-electron chi connectivity index (χ0n) is 13.5. The SMILES string of the molecule is CCCC1Oc2cc(C(F)(F)F)ccc2-c2oc(C#N)c(C)c(=O)c21. The molecule has 0 spiro atoms. The first-order valence-corrected chi connectivity index (χ1v) is 7.73. The van der Waals surface area contributed by atoms with Gasteiger partial charge in [-0.3, -0.25) is 4.79 Å². The number of rotatable bonds is 2. The smallest absolute Gasteiger partial charge is 0.416 e. The Balaban J connectivity index is 2.29. The predicted molar refractivity (Wildman–Crippen MR) is 83.1 cm³/mol. The molecule has 1 unspecified atom stereocenters. The second kappa shape index (κ2) is 5.96. The van der Waals surface area contributed by atoms with Crippen molar-refractivity contribution in [3.05, 3.63) is 50.9 Å². The number of nitriles is 1. The number of hydrogen-bond acceptors (Lipinski definition) is 4. The average Bonchev–Trinajstić information content (AvgIpc) is 2.56. The molecular weight excluding hydrogens is 335 g/mol. The summed E-state index contributed by atoms with van der Waals surface area (Å²) < 4.78 is 50.2. The highest BCUT2D eigenvalue weighted by molar-refractivity contribution is 5.72. The molecule has 25 heavy (non-hydrogen) atoms. The molecule has 0 saturated heterocycles.